The molecule has 1 heterocycles. The molecule has 1 aliphatic rings. The molecular formula is C12H22N2O4. The Morgan fingerprint density at radius 3 is 2.50 bits per heavy atom. The van der Waals surface area contributed by atoms with E-state index in [1.165, 1.54) is 7.11 Å². The van der Waals surface area contributed by atoms with Gasteiger partial charge >= 0.3 is 12.1 Å². The van der Waals surface area contributed by atoms with Crippen LogP contribution in [-0.4, -0.2) is 43.9 Å². The van der Waals surface area contributed by atoms with Gasteiger partial charge in [0.05, 0.1) is 13.0 Å². The monoisotopic (exact) mass is 258 g/mol. The van der Waals surface area contributed by atoms with Crippen LogP contribution in [0.2, 0.25) is 0 Å². The predicted octanol–water partition coefficient (Wildman–Crippen LogP) is 0.662. The first-order chi connectivity index (χ1) is 8.31. The second kappa shape index (κ2) is 6.04. The van der Waals surface area contributed by atoms with Crippen LogP contribution in [0.3, 0.4) is 0 Å². The lowest BCUT2D eigenvalue weighted by Crippen LogP contribution is -2.51. The summed E-state index contributed by atoms with van der Waals surface area (Å²) in [7, 11) is 1.37. The van der Waals surface area contributed by atoms with Gasteiger partial charge in [-0.15, -0.1) is 0 Å². The van der Waals surface area contributed by atoms with Gasteiger partial charge in [0.2, 0.25) is 0 Å². The Balaban J connectivity index is 2.43. The summed E-state index contributed by atoms with van der Waals surface area (Å²) in [5.74, 6) is -0.470. The van der Waals surface area contributed by atoms with E-state index in [0.717, 1.165) is 0 Å². The number of amides is 1. The molecule has 18 heavy (non-hydrogen) atoms. The summed E-state index contributed by atoms with van der Waals surface area (Å²) in [5.41, 5.74) is -0.520. The lowest BCUT2D eigenvalue weighted by Gasteiger charge is -2.30. The summed E-state index contributed by atoms with van der Waals surface area (Å²) in [6, 6.07) is -0.113. The Morgan fingerprint density at radius 1 is 1.28 bits per heavy atom. The van der Waals surface area contributed by atoms with E-state index >= 15 is 0 Å². The maximum atomic E-state index is 11.6. The van der Waals surface area contributed by atoms with E-state index in [1.807, 2.05) is 20.8 Å². The quantitative estimate of drug-likeness (QED) is 0.712. The molecular weight excluding hydrogens is 236 g/mol. The third-order valence-corrected chi connectivity index (χ3v) is 2.61. The molecule has 0 aromatic rings. The highest BCUT2D eigenvalue weighted by Crippen LogP contribution is 2.13. The molecule has 1 saturated heterocycles. The van der Waals surface area contributed by atoms with Gasteiger partial charge in [0.25, 0.3) is 0 Å². The average Bonchev–Trinajstić information content (AvgIpc) is 2.25. The number of esters is 1. The fourth-order valence-electron chi connectivity index (χ4n) is 1.87. The first-order valence-electron chi connectivity index (χ1n) is 6.10. The van der Waals surface area contributed by atoms with Gasteiger partial charge in [-0.25, -0.2) is 4.79 Å². The fraction of sp³-hybridized carbons (Fsp3) is 0.833. The first kappa shape index (κ1) is 14.8. The van der Waals surface area contributed by atoms with Crippen molar-refractivity contribution in [1.29, 1.82) is 0 Å². The van der Waals surface area contributed by atoms with Crippen LogP contribution < -0.4 is 10.6 Å². The molecule has 0 saturated carbocycles. The van der Waals surface area contributed by atoms with E-state index in [9.17, 15) is 9.59 Å². The van der Waals surface area contributed by atoms with Crippen molar-refractivity contribution in [3.05, 3.63) is 0 Å². The van der Waals surface area contributed by atoms with E-state index in [1.54, 1.807) is 0 Å². The van der Waals surface area contributed by atoms with E-state index in [4.69, 9.17) is 9.47 Å². The van der Waals surface area contributed by atoms with E-state index in [0.29, 0.717) is 19.5 Å². The minimum atomic E-state index is -0.520. The van der Waals surface area contributed by atoms with Gasteiger partial charge in [-0.3, -0.25) is 4.79 Å². The van der Waals surface area contributed by atoms with Gasteiger partial charge in [0, 0.05) is 19.1 Å². The molecule has 6 heteroatoms. The second-order valence-corrected chi connectivity index (χ2v) is 5.46. The SMILES string of the molecule is COC(=O)[C@H]1CNC[C@H](NC(=O)OC(C)(C)C)C1. The van der Waals surface area contributed by atoms with Crippen LogP contribution in [0.4, 0.5) is 4.79 Å². The molecule has 0 spiro atoms. The Hall–Kier alpha value is -1.30. The molecule has 1 rings (SSSR count). The number of ether oxygens (including phenoxy) is 2. The fourth-order valence-corrected chi connectivity index (χ4v) is 1.87. The molecule has 0 bridgehead atoms. The van der Waals surface area contributed by atoms with Crippen molar-refractivity contribution in [3.63, 3.8) is 0 Å². The molecule has 0 aromatic heterocycles. The first-order valence-corrected chi connectivity index (χ1v) is 6.10. The number of carbonyl (C=O) groups is 2. The van der Waals surface area contributed by atoms with E-state index in [-0.39, 0.29) is 17.9 Å². The highest BCUT2D eigenvalue weighted by Gasteiger charge is 2.29. The predicted molar refractivity (Wildman–Crippen MR) is 66.2 cm³/mol. The van der Waals surface area contributed by atoms with Gasteiger partial charge in [-0.05, 0) is 27.2 Å². The Bertz CT molecular complexity index is 312. The zero-order chi connectivity index (χ0) is 13.8. The number of hydrogen-bond donors (Lipinski definition) is 2. The van der Waals surface area contributed by atoms with Gasteiger partial charge in [-0.2, -0.15) is 0 Å². The smallest absolute Gasteiger partial charge is 0.407 e. The third-order valence-electron chi connectivity index (χ3n) is 2.61. The number of hydrogen-bond acceptors (Lipinski definition) is 5. The Kier molecular flexibility index (Phi) is 4.95. The Morgan fingerprint density at radius 2 is 1.94 bits per heavy atom. The van der Waals surface area contributed by atoms with E-state index in [2.05, 4.69) is 10.6 Å². The van der Waals surface area contributed by atoms with Crippen LogP contribution in [0, 0.1) is 5.92 Å². The number of rotatable bonds is 2. The van der Waals surface area contributed by atoms with Crippen LogP contribution >= 0.6 is 0 Å². The van der Waals surface area contributed by atoms with Crippen molar-refractivity contribution in [3.8, 4) is 0 Å². The second-order valence-electron chi connectivity index (χ2n) is 5.46. The highest BCUT2D eigenvalue weighted by atomic mass is 16.6. The molecule has 1 aliphatic heterocycles. The summed E-state index contributed by atoms with van der Waals surface area (Å²) >= 11 is 0. The molecule has 104 valence electrons. The standard InChI is InChI=1S/C12H22N2O4/c1-12(2,3)18-11(16)14-9-5-8(6-13-7-9)10(15)17-4/h8-9,13H,5-7H2,1-4H3,(H,14,16)/t8-,9-/m1/s1. The minimum absolute atomic E-state index is 0.113. The molecule has 1 fully saturated rings. The lowest BCUT2D eigenvalue weighted by molar-refractivity contribution is -0.146. The molecule has 1 amide bonds. The number of piperidine rings is 1. The van der Waals surface area contributed by atoms with E-state index < -0.39 is 11.7 Å². The average molecular weight is 258 g/mol. The van der Waals surface area contributed by atoms with Crippen molar-refractivity contribution in [1.82, 2.24) is 10.6 Å². The molecule has 6 nitrogen and oxygen atoms in total. The van der Waals surface area contributed by atoms with Crippen molar-refractivity contribution in [2.24, 2.45) is 5.92 Å². The summed E-state index contributed by atoms with van der Waals surface area (Å²) < 4.78 is 9.87. The molecule has 0 radical (unpaired) electrons. The molecule has 2 N–H and O–H groups in total. The maximum Gasteiger partial charge on any atom is 0.407 e. The van der Waals surface area contributed by atoms with Crippen molar-refractivity contribution < 1.29 is 19.1 Å². The highest BCUT2D eigenvalue weighted by molar-refractivity contribution is 5.73. The number of methoxy groups -OCH3 is 1. The normalized spacial score (nSPS) is 24.2. The number of nitrogens with one attached hydrogen (secondary N) is 2. The van der Waals surface area contributed by atoms with Crippen molar-refractivity contribution >= 4 is 12.1 Å². The summed E-state index contributed by atoms with van der Waals surface area (Å²) in [6.45, 7) is 6.64. The Labute approximate surface area is 107 Å². The number of alkyl carbamates (subject to hydrolysis) is 1. The minimum Gasteiger partial charge on any atom is -0.469 e. The van der Waals surface area contributed by atoms with Gasteiger partial charge in [0.1, 0.15) is 5.60 Å². The zero-order valence-electron chi connectivity index (χ0n) is 11.4. The largest absolute Gasteiger partial charge is 0.469 e. The topological polar surface area (TPSA) is 76.7 Å². The third kappa shape index (κ3) is 4.91. The summed E-state index contributed by atoms with van der Waals surface area (Å²) in [4.78, 5) is 23.0. The maximum absolute atomic E-state index is 11.6. The van der Waals surface area contributed by atoms with Gasteiger partial charge in [0.15, 0.2) is 0 Å². The van der Waals surface area contributed by atoms with Crippen LogP contribution in [0.15, 0.2) is 0 Å². The van der Waals surface area contributed by atoms with Crippen LogP contribution in [0.25, 0.3) is 0 Å². The molecule has 0 unspecified atom stereocenters. The zero-order valence-corrected chi connectivity index (χ0v) is 11.4. The number of carbonyl (C=O) groups excluding carboxylic acids is 2. The molecule has 0 aliphatic carbocycles. The van der Waals surface area contributed by atoms with Crippen molar-refractivity contribution in [2.45, 2.75) is 38.8 Å². The summed E-state index contributed by atoms with van der Waals surface area (Å²) in [5, 5.41) is 5.85. The lowest BCUT2D eigenvalue weighted by atomic mass is 9.96. The summed E-state index contributed by atoms with van der Waals surface area (Å²) in [6.07, 6.45) is 0.110. The van der Waals surface area contributed by atoms with Crippen LogP contribution in [-0.2, 0) is 14.3 Å². The molecule has 2 atom stereocenters. The van der Waals surface area contributed by atoms with Gasteiger partial charge in [-0.1, -0.05) is 0 Å². The van der Waals surface area contributed by atoms with Crippen LogP contribution in [0.1, 0.15) is 27.2 Å². The van der Waals surface area contributed by atoms with Gasteiger partial charge < -0.3 is 20.1 Å². The van der Waals surface area contributed by atoms with Crippen LogP contribution in [0.5, 0.6) is 0 Å². The molecule has 0 aromatic carbocycles. The van der Waals surface area contributed by atoms with Crippen molar-refractivity contribution in [2.75, 3.05) is 20.2 Å².